The molecule has 0 radical (unpaired) electrons. The Labute approximate surface area is 237 Å². The number of nitrogens with zero attached hydrogens (tertiary/aromatic N) is 3. The van der Waals surface area contributed by atoms with Gasteiger partial charge < -0.3 is 22.3 Å². The van der Waals surface area contributed by atoms with Gasteiger partial charge in [0, 0.05) is 34.2 Å². The second-order valence-electron chi connectivity index (χ2n) is 12.6. The lowest BCUT2D eigenvalue weighted by molar-refractivity contribution is -0.587. The summed E-state index contributed by atoms with van der Waals surface area (Å²) in [6.45, 7) is 13.3. The van der Waals surface area contributed by atoms with Crippen LogP contribution < -0.4 is 4.48 Å². The molecule has 0 unspecified atom stereocenters. The maximum absolute atomic E-state index is 14.8. The minimum atomic E-state index is -4.33. The first kappa shape index (κ1) is 26.5. The fourth-order valence-electron chi connectivity index (χ4n) is 5.32. The summed E-state index contributed by atoms with van der Waals surface area (Å²) in [5.41, 5.74) is 6.49. The maximum Gasteiger partial charge on any atom is 0.734 e. The standard InChI is InChI=1S/C32H31BClF2N3O/c1-31(2,3)21-9-13-27-25(15-21)26-16-22(32(4,5)6)10-14-28(26)39(27)23-11-7-20(8-12-23)29-17-24-18-30(34)37-19-38(24)33(35,36)40-29/h7-19H,1-6H3. The van der Waals surface area contributed by atoms with E-state index in [0.29, 0.717) is 5.56 Å². The van der Waals surface area contributed by atoms with Gasteiger partial charge in [-0.05, 0) is 87.1 Å². The average Bonchev–Trinajstić information content (AvgIpc) is 3.20. The first-order valence-electron chi connectivity index (χ1n) is 13.4. The van der Waals surface area contributed by atoms with Gasteiger partial charge >= 0.3 is 7.04 Å². The summed E-state index contributed by atoms with van der Waals surface area (Å²) >= 11 is 5.97. The van der Waals surface area contributed by atoms with E-state index in [1.54, 1.807) is 6.08 Å². The second kappa shape index (κ2) is 8.90. The minimum absolute atomic E-state index is 0.0143. The lowest BCUT2D eigenvalue weighted by Crippen LogP contribution is -2.63. The molecule has 0 N–H and O–H groups in total. The Morgan fingerprint density at radius 2 is 1.35 bits per heavy atom. The third-order valence-corrected chi connectivity index (χ3v) is 7.86. The molecule has 6 rings (SSSR count). The van der Waals surface area contributed by atoms with Crippen LogP contribution in [-0.4, -0.2) is 16.6 Å². The predicted octanol–water partition coefficient (Wildman–Crippen LogP) is 8.47. The van der Waals surface area contributed by atoms with Crippen molar-refractivity contribution >= 4 is 52.3 Å². The molecule has 8 heteroatoms. The molecular weight excluding hydrogens is 527 g/mol. The SMILES string of the molecule is CC(C)(C)c1ccc2c(c1)c1cc(C(C)(C)C)ccc1n2-c1ccc(C2=Cc3cc(Cl)nc[n+]3[B-](F)(F)O2)cc1. The van der Waals surface area contributed by atoms with Gasteiger partial charge in [-0.25, -0.2) is 0 Å². The number of rotatable bonds is 2. The first-order valence-corrected chi connectivity index (χ1v) is 13.8. The largest absolute Gasteiger partial charge is 0.734 e. The average molecular weight is 558 g/mol. The highest BCUT2D eigenvalue weighted by atomic mass is 35.5. The van der Waals surface area contributed by atoms with Crippen molar-refractivity contribution in [2.24, 2.45) is 0 Å². The van der Waals surface area contributed by atoms with E-state index in [1.807, 2.05) is 24.3 Å². The van der Waals surface area contributed by atoms with Gasteiger partial charge in [0.2, 0.25) is 11.5 Å². The van der Waals surface area contributed by atoms with Crippen molar-refractivity contribution in [3.63, 3.8) is 0 Å². The number of hydrogen-bond donors (Lipinski definition) is 0. The molecule has 40 heavy (non-hydrogen) atoms. The van der Waals surface area contributed by atoms with Crippen LogP contribution in [0.5, 0.6) is 0 Å². The molecule has 0 fully saturated rings. The minimum Gasteiger partial charge on any atom is -0.623 e. The van der Waals surface area contributed by atoms with Gasteiger partial charge in [0.25, 0.3) is 0 Å². The van der Waals surface area contributed by atoms with Crippen LogP contribution in [0.1, 0.15) is 63.9 Å². The van der Waals surface area contributed by atoms with E-state index in [1.165, 1.54) is 28.0 Å². The molecule has 0 bridgehead atoms. The van der Waals surface area contributed by atoms with Crippen LogP contribution in [0.15, 0.2) is 73.1 Å². The van der Waals surface area contributed by atoms with E-state index in [0.717, 1.165) is 27.5 Å². The third-order valence-electron chi connectivity index (χ3n) is 7.65. The monoisotopic (exact) mass is 557 g/mol. The summed E-state index contributed by atoms with van der Waals surface area (Å²) in [5.74, 6) is 0.0886. The molecule has 0 aliphatic carbocycles. The smallest absolute Gasteiger partial charge is 0.623 e. The van der Waals surface area contributed by atoms with Gasteiger partial charge in [0.15, 0.2) is 0 Å². The van der Waals surface area contributed by atoms with E-state index >= 15 is 0 Å². The molecule has 0 saturated heterocycles. The van der Waals surface area contributed by atoms with Crippen LogP contribution in [-0.2, 0) is 15.5 Å². The Morgan fingerprint density at radius 3 is 1.88 bits per heavy atom. The Kier molecular flexibility index (Phi) is 5.90. The zero-order chi connectivity index (χ0) is 28.6. The van der Waals surface area contributed by atoms with Gasteiger partial charge in [0.05, 0.1) is 22.5 Å². The Morgan fingerprint density at radius 1 is 0.800 bits per heavy atom. The maximum atomic E-state index is 14.8. The van der Waals surface area contributed by atoms with Crippen molar-refractivity contribution in [1.82, 2.24) is 9.55 Å². The van der Waals surface area contributed by atoms with Crippen molar-refractivity contribution in [1.29, 1.82) is 0 Å². The molecular formula is C32H31BClF2N3O. The predicted molar refractivity (Wildman–Crippen MR) is 160 cm³/mol. The fourth-order valence-corrected chi connectivity index (χ4v) is 5.48. The summed E-state index contributed by atoms with van der Waals surface area (Å²) in [6, 6.07) is 22.3. The first-order chi connectivity index (χ1) is 18.7. The molecule has 1 aliphatic heterocycles. The van der Waals surface area contributed by atoms with E-state index in [2.05, 4.69) is 87.5 Å². The number of fused-ring (bicyclic) bond motifs is 4. The van der Waals surface area contributed by atoms with Crippen LogP contribution in [0.3, 0.4) is 0 Å². The highest BCUT2D eigenvalue weighted by Gasteiger charge is 2.44. The Hall–Kier alpha value is -3.71. The molecule has 0 spiro atoms. The quantitative estimate of drug-likeness (QED) is 0.161. The van der Waals surface area contributed by atoms with Crippen molar-refractivity contribution < 1.29 is 17.8 Å². The summed E-state index contributed by atoms with van der Waals surface area (Å²) in [7, 11) is -4.33. The van der Waals surface area contributed by atoms with Gasteiger partial charge in [-0.3, -0.25) is 0 Å². The van der Waals surface area contributed by atoms with Crippen molar-refractivity contribution in [3.8, 4) is 5.69 Å². The lowest BCUT2D eigenvalue weighted by Gasteiger charge is -2.30. The normalized spacial score (nSPS) is 15.2. The molecule has 3 heterocycles. The molecule has 204 valence electrons. The summed E-state index contributed by atoms with van der Waals surface area (Å²) in [4.78, 5) is 3.77. The van der Waals surface area contributed by atoms with Crippen LogP contribution in [0.25, 0.3) is 39.3 Å². The third kappa shape index (κ3) is 4.46. The van der Waals surface area contributed by atoms with Crippen LogP contribution in [0.4, 0.5) is 8.63 Å². The molecule has 1 aliphatic rings. The number of hydrogen-bond acceptors (Lipinski definition) is 2. The fraction of sp³-hybridized carbons (Fsp3) is 0.250. The topological polar surface area (TPSA) is 30.9 Å². The highest BCUT2D eigenvalue weighted by molar-refractivity contribution is 6.51. The summed E-state index contributed by atoms with van der Waals surface area (Å²) in [5, 5.41) is 2.52. The van der Waals surface area contributed by atoms with Gasteiger partial charge in [0.1, 0.15) is 0 Å². The van der Waals surface area contributed by atoms with Crippen LogP contribution >= 0.6 is 11.6 Å². The molecule has 5 aromatic rings. The lowest BCUT2D eigenvalue weighted by atomic mass is 9.85. The van der Waals surface area contributed by atoms with E-state index in [9.17, 15) is 8.63 Å². The van der Waals surface area contributed by atoms with E-state index in [4.69, 9.17) is 16.3 Å². The Bertz CT molecular complexity index is 1760. The second-order valence-corrected chi connectivity index (χ2v) is 13.0. The van der Waals surface area contributed by atoms with E-state index < -0.39 is 7.04 Å². The number of benzene rings is 3. The number of halogens is 3. The van der Waals surface area contributed by atoms with Gasteiger partial charge in [-0.15, -0.1) is 0 Å². The van der Waals surface area contributed by atoms with E-state index in [-0.39, 0.29) is 27.4 Å². The molecule has 3 aromatic carbocycles. The molecule has 0 atom stereocenters. The van der Waals surface area contributed by atoms with Crippen molar-refractivity contribution in [2.75, 3.05) is 0 Å². The van der Waals surface area contributed by atoms with Gasteiger partial charge in [-0.2, -0.15) is 0 Å². The van der Waals surface area contributed by atoms with Gasteiger partial charge in [-0.1, -0.05) is 53.7 Å². The zero-order valence-corrected chi connectivity index (χ0v) is 24.2. The van der Waals surface area contributed by atoms with Crippen LogP contribution in [0, 0.1) is 0 Å². The summed E-state index contributed by atoms with van der Waals surface area (Å²) < 4.78 is 37.8. The van der Waals surface area contributed by atoms with Crippen molar-refractivity contribution in [3.05, 3.63) is 101 Å². The molecule has 4 nitrogen and oxygen atoms in total. The summed E-state index contributed by atoms with van der Waals surface area (Å²) in [6.07, 6.45) is 2.57. The highest BCUT2D eigenvalue weighted by Crippen LogP contribution is 2.38. The molecule has 0 saturated carbocycles. The van der Waals surface area contributed by atoms with Crippen molar-refractivity contribution in [2.45, 2.75) is 52.4 Å². The Balaban J connectivity index is 1.50. The zero-order valence-electron chi connectivity index (χ0n) is 23.5. The number of aromatic nitrogens is 3. The molecule has 0 amide bonds. The van der Waals surface area contributed by atoms with Crippen LogP contribution in [0.2, 0.25) is 5.15 Å². The molecule has 2 aromatic heterocycles.